The van der Waals surface area contributed by atoms with Gasteiger partial charge in [-0.05, 0) is 93.9 Å². The minimum absolute atomic E-state index is 0.106. The van der Waals surface area contributed by atoms with Gasteiger partial charge < -0.3 is 14.4 Å². The van der Waals surface area contributed by atoms with Gasteiger partial charge in [-0.2, -0.15) is 0 Å². The van der Waals surface area contributed by atoms with Crippen molar-refractivity contribution in [1.82, 2.24) is 4.90 Å². The van der Waals surface area contributed by atoms with Gasteiger partial charge in [0.2, 0.25) is 0 Å². The zero-order chi connectivity index (χ0) is 34.4. The molecular weight excluding hydrogens is 709 g/mol. The van der Waals surface area contributed by atoms with Crippen LogP contribution in [-0.2, 0) is 22.6 Å². The highest BCUT2D eigenvalue weighted by molar-refractivity contribution is 9.10. The van der Waals surface area contributed by atoms with Crippen molar-refractivity contribution >= 4 is 50.7 Å². The fourth-order valence-corrected chi connectivity index (χ4v) is 8.37. The van der Waals surface area contributed by atoms with Crippen LogP contribution in [-0.4, -0.2) is 29.6 Å². The van der Waals surface area contributed by atoms with Gasteiger partial charge in [0, 0.05) is 47.8 Å². The summed E-state index contributed by atoms with van der Waals surface area (Å²) in [6.07, 6.45) is 3.19. The van der Waals surface area contributed by atoms with E-state index in [2.05, 4.69) is 72.8 Å². The topological polar surface area (TPSA) is 55.8 Å². The quantitative estimate of drug-likeness (QED) is 0.218. The van der Waals surface area contributed by atoms with Crippen molar-refractivity contribution in [2.24, 2.45) is 10.8 Å². The zero-order valence-corrected chi connectivity index (χ0v) is 31.3. The van der Waals surface area contributed by atoms with E-state index in [0.29, 0.717) is 52.0 Å². The van der Waals surface area contributed by atoms with Gasteiger partial charge in [-0.15, -0.1) is 0 Å². The minimum atomic E-state index is -0.491. The Morgan fingerprint density at radius 1 is 0.792 bits per heavy atom. The van der Waals surface area contributed by atoms with Crippen LogP contribution >= 0.6 is 39.1 Å². The lowest BCUT2D eigenvalue weighted by molar-refractivity contribution is -0.119. The van der Waals surface area contributed by atoms with Crippen LogP contribution in [0.5, 0.6) is 11.5 Å². The van der Waals surface area contributed by atoms with E-state index in [1.165, 1.54) is 5.56 Å². The molecule has 0 bridgehead atoms. The molecule has 0 unspecified atom stereocenters. The third kappa shape index (κ3) is 7.13. The van der Waals surface area contributed by atoms with Crippen LogP contribution in [0.3, 0.4) is 0 Å². The van der Waals surface area contributed by atoms with Crippen molar-refractivity contribution in [2.45, 2.75) is 79.2 Å². The molecule has 5 nitrogen and oxygen atoms in total. The van der Waals surface area contributed by atoms with E-state index in [0.717, 1.165) is 52.9 Å². The lowest BCUT2D eigenvalue weighted by Crippen LogP contribution is -2.45. The van der Waals surface area contributed by atoms with Crippen molar-refractivity contribution in [3.8, 4) is 11.5 Å². The van der Waals surface area contributed by atoms with Gasteiger partial charge >= 0.3 is 0 Å². The SMILES string of the molecule is CCOc1cc(C2C3=C(CC(C)(C)CC3=O)N(CCc3ccccc3)C3=C2C(=O)CC(C)(C)C3)cc(Br)c1OCc1ccc(Cl)c(Cl)c1. The molecule has 0 aromatic heterocycles. The summed E-state index contributed by atoms with van der Waals surface area (Å²) in [6, 6.07) is 19.8. The van der Waals surface area contributed by atoms with E-state index in [1.807, 2.05) is 31.2 Å². The molecule has 252 valence electrons. The number of rotatable bonds is 9. The standard InChI is InChI=1S/C40H42BrCl2NO4/c1-6-47-34-18-26(17-27(41)38(34)48-23-25-12-13-28(42)29(43)16-25)35-36-30(19-39(2,3)21-32(36)45)44(15-14-24-10-8-7-9-11-24)31-20-40(4,5)22-33(46)37(31)35/h7-13,16-18,35H,6,14-15,19-23H2,1-5H3. The van der Waals surface area contributed by atoms with Crippen LogP contribution in [0.1, 0.15) is 82.9 Å². The summed E-state index contributed by atoms with van der Waals surface area (Å²) in [5.74, 6) is 0.811. The van der Waals surface area contributed by atoms with E-state index in [9.17, 15) is 9.59 Å². The normalized spacial score (nSPS) is 19.0. The number of halogens is 3. The molecule has 0 fully saturated rings. The highest BCUT2D eigenvalue weighted by Crippen LogP contribution is 2.55. The smallest absolute Gasteiger partial charge is 0.175 e. The largest absolute Gasteiger partial charge is 0.490 e. The van der Waals surface area contributed by atoms with Gasteiger partial charge in [0.15, 0.2) is 23.1 Å². The summed E-state index contributed by atoms with van der Waals surface area (Å²) in [7, 11) is 0. The third-order valence-electron chi connectivity index (χ3n) is 9.52. The number of ketones is 2. The number of carbonyl (C=O) groups excluding carboxylic acids is 2. The van der Waals surface area contributed by atoms with Gasteiger partial charge in [0.05, 0.1) is 21.1 Å². The number of carbonyl (C=O) groups is 2. The Balaban J connectivity index is 1.48. The molecule has 2 aliphatic carbocycles. The van der Waals surface area contributed by atoms with E-state index in [-0.39, 0.29) is 29.0 Å². The molecule has 0 saturated heterocycles. The van der Waals surface area contributed by atoms with Crippen LogP contribution in [0, 0.1) is 10.8 Å². The molecule has 0 amide bonds. The molecule has 3 aromatic rings. The van der Waals surface area contributed by atoms with Gasteiger partial charge in [0.1, 0.15) is 6.61 Å². The second-order valence-corrected chi connectivity index (χ2v) is 16.4. The number of hydrogen-bond donors (Lipinski definition) is 0. The van der Waals surface area contributed by atoms with E-state index >= 15 is 0 Å². The number of ether oxygens (including phenoxy) is 2. The van der Waals surface area contributed by atoms with E-state index in [4.69, 9.17) is 32.7 Å². The molecule has 1 heterocycles. The number of hydrogen-bond acceptors (Lipinski definition) is 5. The van der Waals surface area contributed by atoms with Crippen molar-refractivity contribution in [2.75, 3.05) is 13.2 Å². The van der Waals surface area contributed by atoms with Crippen LogP contribution in [0.25, 0.3) is 0 Å². The monoisotopic (exact) mass is 749 g/mol. The first-order valence-corrected chi connectivity index (χ1v) is 18.2. The Bertz CT molecular complexity index is 1770. The molecule has 0 N–H and O–H groups in total. The lowest BCUT2D eigenvalue weighted by Gasteiger charge is -2.49. The molecular formula is C40H42BrCl2NO4. The Hall–Kier alpha value is -3.06. The molecule has 0 atom stereocenters. The molecule has 6 rings (SSSR count). The highest BCUT2D eigenvalue weighted by atomic mass is 79.9. The molecule has 48 heavy (non-hydrogen) atoms. The number of Topliss-reactive ketones (excluding diaryl/α,β-unsaturated/α-hetero) is 2. The summed E-state index contributed by atoms with van der Waals surface area (Å²) >= 11 is 16.2. The van der Waals surface area contributed by atoms with Crippen molar-refractivity contribution < 1.29 is 19.1 Å². The molecule has 0 radical (unpaired) electrons. The predicted molar refractivity (Wildman–Crippen MR) is 196 cm³/mol. The second kappa shape index (κ2) is 13.7. The molecule has 0 saturated carbocycles. The molecule has 3 aliphatic rings. The maximum Gasteiger partial charge on any atom is 0.175 e. The van der Waals surface area contributed by atoms with Crippen molar-refractivity contribution in [3.63, 3.8) is 0 Å². The minimum Gasteiger partial charge on any atom is -0.490 e. The predicted octanol–water partition coefficient (Wildman–Crippen LogP) is 10.7. The Morgan fingerprint density at radius 2 is 1.42 bits per heavy atom. The van der Waals surface area contributed by atoms with Crippen LogP contribution in [0.4, 0.5) is 0 Å². The maximum absolute atomic E-state index is 14.3. The third-order valence-corrected chi connectivity index (χ3v) is 10.8. The number of benzene rings is 3. The Kier molecular flexibility index (Phi) is 9.92. The summed E-state index contributed by atoms with van der Waals surface area (Å²) in [6.45, 7) is 12.0. The van der Waals surface area contributed by atoms with Crippen molar-refractivity contribution in [3.05, 3.63) is 114 Å². The van der Waals surface area contributed by atoms with Crippen molar-refractivity contribution in [1.29, 1.82) is 0 Å². The molecule has 0 spiro atoms. The fraction of sp³-hybridized carbons (Fsp3) is 0.400. The lowest BCUT2D eigenvalue weighted by atomic mass is 9.63. The first-order valence-electron chi connectivity index (χ1n) is 16.6. The maximum atomic E-state index is 14.3. The van der Waals surface area contributed by atoms with Crippen LogP contribution in [0.2, 0.25) is 10.0 Å². The Morgan fingerprint density at radius 3 is 2.00 bits per heavy atom. The summed E-state index contributed by atoms with van der Waals surface area (Å²) < 4.78 is 13.2. The van der Waals surface area contributed by atoms with Gasteiger partial charge in [0.25, 0.3) is 0 Å². The Labute approximate surface area is 302 Å². The van der Waals surface area contributed by atoms with E-state index in [1.54, 1.807) is 12.1 Å². The summed E-state index contributed by atoms with van der Waals surface area (Å²) in [5, 5.41) is 0.942. The average Bonchev–Trinajstić information content (AvgIpc) is 3.00. The molecule has 1 aliphatic heterocycles. The number of nitrogens with zero attached hydrogens (tertiary/aromatic N) is 1. The van der Waals surface area contributed by atoms with Gasteiger partial charge in [-0.25, -0.2) is 0 Å². The summed E-state index contributed by atoms with van der Waals surface area (Å²) in [4.78, 5) is 31.0. The first-order chi connectivity index (χ1) is 22.8. The van der Waals surface area contributed by atoms with Gasteiger partial charge in [-0.1, -0.05) is 87.3 Å². The number of allylic oxidation sites excluding steroid dienone is 4. The fourth-order valence-electron chi connectivity index (χ4n) is 7.48. The first kappa shape index (κ1) is 34.8. The van der Waals surface area contributed by atoms with E-state index < -0.39 is 5.92 Å². The van der Waals surface area contributed by atoms with Gasteiger partial charge in [-0.3, -0.25) is 9.59 Å². The summed E-state index contributed by atoms with van der Waals surface area (Å²) in [5.41, 5.74) is 6.13. The average molecular weight is 752 g/mol. The van der Waals surface area contributed by atoms with Crippen LogP contribution in [0.15, 0.2) is 87.7 Å². The zero-order valence-electron chi connectivity index (χ0n) is 28.2. The molecule has 8 heteroatoms. The molecule has 3 aromatic carbocycles. The van der Waals surface area contributed by atoms with Crippen LogP contribution < -0.4 is 9.47 Å². The second-order valence-electron chi connectivity index (χ2n) is 14.7. The highest BCUT2D eigenvalue weighted by Gasteiger charge is 2.49.